The molecule has 0 fully saturated rings. The van der Waals surface area contributed by atoms with Crippen LogP contribution in [0.5, 0.6) is 0 Å². The second-order valence-corrected chi connectivity index (χ2v) is 5.59. The fraction of sp³-hybridized carbons (Fsp3) is 0.316. The zero-order chi connectivity index (χ0) is 18.6. The predicted octanol–water partition coefficient (Wildman–Crippen LogP) is 2.87. The molecule has 2 aromatic rings. The van der Waals surface area contributed by atoms with Crippen molar-refractivity contribution in [2.45, 2.75) is 20.1 Å². The van der Waals surface area contributed by atoms with Gasteiger partial charge in [0.05, 0.1) is 24.7 Å². The van der Waals surface area contributed by atoms with Crippen LogP contribution in [0.1, 0.15) is 18.1 Å². The molecule has 2 N–H and O–H groups in total. The second kappa shape index (κ2) is 10.8. The Morgan fingerprint density at radius 3 is 2.62 bits per heavy atom. The molecule has 0 heterocycles. The minimum atomic E-state index is -0.402. The number of hydrogen-bond donors (Lipinski definition) is 2. The highest BCUT2D eigenvalue weighted by atomic mass is 16.6. The molecule has 2 rings (SSSR count). The van der Waals surface area contributed by atoms with E-state index in [1.54, 1.807) is 6.07 Å². The Labute approximate surface area is 153 Å². The van der Waals surface area contributed by atoms with Gasteiger partial charge in [0.1, 0.15) is 0 Å². The zero-order valence-electron chi connectivity index (χ0n) is 14.9. The first kappa shape index (κ1) is 19.4. The normalized spacial score (nSPS) is 11.2. The lowest BCUT2D eigenvalue weighted by atomic mass is 10.2. The molecule has 0 radical (unpaired) electrons. The molecule has 0 aliphatic heterocycles. The SMILES string of the molecule is CCNC(=NCc1cccc([N+](=O)[O-])c1)NCCOCc1ccccc1. The van der Waals surface area contributed by atoms with Crippen LogP contribution in [0.2, 0.25) is 0 Å². The Kier molecular flexibility index (Phi) is 8.08. The van der Waals surface area contributed by atoms with Crippen LogP contribution >= 0.6 is 0 Å². The minimum absolute atomic E-state index is 0.0740. The molecule has 2 aromatic carbocycles. The van der Waals surface area contributed by atoms with E-state index < -0.39 is 4.92 Å². The molecular formula is C19H24N4O3. The average molecular weight is 356 g/mol. The van der Waals surface area contributed by atoms with Crippen molar-refractivity contribution in [3.8, 4) is 0 Å². The molecule has 138 valence electrons. The van der Waals surface area contributed by atoms with Crippen LogP contribution in [0, 0.1) is 10.1 Å². The van der Waals surface area contributed by atoms with Gasteiger partial charge in [-0.3, -0.25) is 10.1 Å². The molecule has 7 heteroatoms. The number of nitrogens with one attached hydrogen (secondary N) is 2. The molecule has 26 heavy (non-hydrogen) atoms. The fourth-order valence-corrected chi connectivity index (χ4v) is 2.29. The monoisotopic (exact) mass is 356 g/mol. The van der Waals surface area contributed by atoms with Crippen LogP contribution in [-0.4, -0.2) is 30.6 Å². The molecule has 0 saturated carbocycles. The third-order valence-corrected chi connectivity index (χ3v) is 3.54. The molecule has 7 nitrogen and oxygen atoms in total. The highest BCUT2D eigenvalue weighted by molar-refractivity contribution is 5.79. The molecule has 0 unspecified atom stereocenters. The molecule has 0 aliphatic carbocycles. The van der Waals surface area contributed by atoms with Crippen molar-refractivity contribution in [1.29, 1.82) is 0 Å². The van der Waals surface area contributed by atoms with Gasteiger partial charge in [0.25, 0.3) is 5.69 Å². The van der Waals surface area contributed by atoms with Gasteiger partial charge in [-0.1, -0.05) is 42.5 Å². The molecule has 0 amide bonds. The van der Waals surface area contributed by atoms with Crippen molar-refractivity contribution in [1.82, 2.24) is 10.6 Å². The highest BCUT2D eigenvalue weighted by Crippen LogP contribution is 2.13. The maximum atomic E-state index is 10.8. The van der Waals surface area contributed by atoms with Gasteiger partial charge in [-0.25, -0.2) is 4.99 Å². The predicted molar refractivity (Wildman–Crippen MR) is 102 cm³/mol. The number of ether oxygens (including phenoxy) is 1. The molecule has 0 aliphatic rings. The number of benzene rings is 2. The lowest BCUT2D eigenvalue weighted by Crippen LogP contribution is -2.38. The summed E-state index contributed by atoms with van der Waals surface area (Å²) < 4.78 is 5.63. The van der Waals surface area contributed by atoms with Gasteiger partial charge < -0.3 is 15.4 Å². The molecule has 0 atom stereocenters. The van der Waals surface area contributed by atoms with E-state index in [9.17, 15) is 10.1 Å². The Bertz CT molecular complexity index is 720. The smallest absolute Gasteiger partial charge is 0.269 e. The van der Waals surface area contributed by atoms with E-state index in [4.69, 9.17) is 4.74 Å². The summed E-state index contributed by atoms with van der Waals surface area (Å²) in [6, 6.07) is 16.5. The molecular weight excluding hydrogens is 332 g/mol. The van der Waals surface area contributed by atoms with Crippen molar-refractivity contribution >= 4 is 11.6 Å². The van der Waals surface area contributed by atoms with Crippen LogP contribution in [0.15, 0.2) is 59.6 Å². The third-order valence-electron chi connectivity index (χ3n) is 3.54. The average Bonchev–Trinajstić information content (AvgIpc) is 2.66. The third kappa shape index (κ3) is 6.90. The summed E-state index contributed by atoms with van der Waals surface area (Å²) in [4.78, 5) is 14.9. The number of non-ortho nitro benzene ring substituents is 1. The highest BCUT2D eigenvalue weighted by Gasteiger charge is 2.05. The topological polar surface area (TPSA) is 88.8 Å². The molecule has 0 spiro atoms. The summed E-state index contributed by atoms with van der Waals surface area (Å²) in [7, 11) is 0. The van der Waals surface area contributed by atoms with E-state index in [1.807, 2.05) is 43.3 Å². The van der Waals surface area contributed by atoms with Crippen molar-refractivity contribution in [3.05, 3.63) is 75.8 Å². The van der Waals surface area contributed by atoms with E-state index in [2.05, 4.69) is 15.6 Å². The Morgan fingerprint density at radius 2 is 1.88 bits per heavy atom. The summed E-state index contributed by atoms with van der Waals surface area (Å²) in [5.41, 5.74) is 2.00. The van der Waals surface area contributed by atoms with Gasteiger partial charge in [0.15, 0.2) is 5.96 Å². The lowest BCUT2D eigenvalue weighted by Gasteiger charge is -2.11. The van der Waals surface area contributed by atoms with Crippen LogP contribution in [-0.2, 0) is 17.9 Å². The van der Waals surface area contributed by atoms with Crippen molar-refractivity contribution in [2.24, 2.45) is 4.99 Å². The summed E-state index contributed by atoms with van der Waals surface area (Å²) in [5, 5.41) is 17.2. The Hall–Kier alpha value is -2.93. The molecule has 0 aromatic heterocycles. The maximum absolute atomic E-state index is 10.8. The van der Waals surface area contributed by atoms with Crippen LogP contribution in [0.25, 0.3) is 0 Å². The summed E-state index contributed by atoms with van der Waals surface area (Å²) in [6.45, 7) is 4.82. The van der Waals surface area contributed by atoms with Crippen LogP contribution in [0.4, 0.5) is 5.69 Å². The minimum Gasteiger partial charge on any atom is -0.375 e. The number of rotatable bonds is 9. The number of aliphatic imine (C=N–C) groups is 1. The van der Waals surface area contributed by atoms with E-state index in [-0.39, 0.29) is 5.69 Å². The van der Waals surface area contributed by atoms with E-state index in [0.29, 0.717) is 32.3 Å². The summed E-state index contributed by atoms with van der Waals surface area (Å²) in [5.74, 6) is 0.655. The van der Waals surface area contributed by atoms with Gasteiger partial charge in [-0.05, 0) is 18.1 Å². The lowest BCUT2D eigenvalue weighted by molar-refractivity contribution is -0.384. The summed E-state index contributed by atoms with van der Waals surface area (Å²) >= 11 is 0. The zero-order valence-corrected chi connectivity index (χ0v) is 14.9. The number of guanidine groups is 1. The Balaban J connectivity index is 1.79. The number of nitro groups is 1. The van der Waals surface area contributed by atoms with E-state index >= 15 is 0 Å². The number of nitrogens with zero attached hydrogens (tertiary/aromatic N) is 2. The van der Waals surface area contributed by atoms with Gasteiger partial charge in [-0.2, -0.15) is 0 Å². The molecule has 0 bridgehead atoms. The quantitative estimate of drug-likeness (QED) is 0.237. The second-order valence-electron chi connectivity index (χ2n) is 5.59. The number of nitro benzene ring substituents is 1. The van der Waals surface area contributed by atoms with Crippen LogP contribution in [0.3, 0.4) is 0 Å². The van der Waals surface area contributed by atoms with Crippen molar-refractivity contribution in [3.63, 3.8) is 0 Å². The van der Waals surface area contributed by atoms with Gasteiger partial charge in [0.2, 0.25) is 0 Å². The Morgan fingerprint density at radius 1 is 1.12 bits per heavy atom. The maximum Gasteiger partial charge on any atom is 0.269 e. The van der Waals surface area contributed by atoms with E-state index in [1.165, 1.54) is 12.1 Å². The molecule has 0 saturated heterocycles. The van der Waals surface area contributed by atoms with Gasteiger partial charge in [0, 0.05) is 25.2 Å². The van der Waals surface area contributed by atoms with Crippen LogP contribution < -0.4 is 10.6 Å². The number of hydrogen-bond acceptors (Lipinski definition) is 4. The fourth-order valence-electron chi connectivity index (χ4n) is 2.29. The first-order valence-electron chi connectivity index (χ1n) is 8.56. The van der Waals surface area contributed by atoms with Crippen molar-refractivity contribution < 1.29 is 9.66 Å². The van der Waals surface area contributed by atoms with Gasteiger partial charge >= 0.3 is 0 Å². The first-order valence-corrected chi connectivity index (χ1v) is 8.56. The largest absolute Gasteiger partial charge is 0.375 e. The van der Waals surface area contributed by atoms with E-state index in [0.717, 1.165) is 17.7 Å². The summed E-state index contributed by atoms with van der Waals surface area (Å²) in [6.07, 6.45) is 0. The van der Waals surface area contributed by atoms with Gasteiger partial charge in [-0.15, -0.1) is 0 Å². The van der Waals surface area contributed by atoms with Crippen molar-refractivity contribution in [2.75, 3.05) is 19.7 Å². The first-order chi connectivity index (χ1) is 12.7. The standard InChI is InChI=1S/C19H24N4O3/c1-2-20-19(21-11-12-26-15-16-7-4-3-5-8-16)22-14-17-9-6-10-18(13-17)23(24)25/h3-10,13H,2,11-12,14-15H2,1H3,(H2,20,21,22).